The number of aromatic amines is 1. The summed E-state index contributed by atoms with van der Waals surface area (Å²) in [5, 5.41) is 2.78. The lowest BCUT2D eigenvalue weighted by Gasteiger charge is -2.16. The number of nitrogens with one attached hydrogen (secondary N) is 1. The predicted octanol–water partition coefficient (Wildman–Crippen LogP) is 1.68. The largest absolute Gasteiger partial charge is 0.312 e. The smallest absolute Gasteiger partial charge is 0.272 e. The zero-order valence-corrected chi connectivity index (χ0v) is 12.1. The van der Waals surface area contributed by atoms with Crippen LogP contribution < -0.4 is 10.5 Å². The summed E-state index contributed by atoms with van der Waals surface area (Å²) >= 11 is 0. The minimum absolute atomic E-state index is 0.0577. The van der Waals surface area contributed by atoms with Crippen LogP contribution in [0.4, 0.5) is 10.1 Å². The highest BCUT2D eigenvalue weighted by molar-refractivity contribution is 5.96. The van der Waals surface area contributed by atoms with Crippen molar-refractivity contribution in [3.63, 3.8) is 0 Å². The quantitative estimate of drug-likeness (QED) is 0.782. The molecule has 23 heavy (non-hydrogen) atoms. The van der Waals surface area contributed by atoms with Crippen molar-refractivity contribution in [1.82, 2.24) is 14.6 Å². The van der Waals surface area contributed by atoms with Crippen LogP contribution in [0.25, 0.3) is 5.65 Å². The van der Waals surface area contributed by atoms with Gasteiger partial charge in [0.15, 0.2) is 5.65 Å². The lowest BCUT2D eigenvalue weighted by molar-refractivity contribution is -0.117. The first-order valence-corrected chi connectivity index (χ1v) is 7.25. The summed E-state index contributed by atoms with van der Waals surface area (Å²) in [6.45, 7) is 0.428. The predicted molar refractivity (Wildman–Crippen MR) is 81.9 cm³/mol. The van der Waals surface area contributed by atoms with E-state index < -0.39 is 0 Å². The zero-order valence-electron chi connectivity index (χ0n) is 12.1. The summed E-state index contributed by atoms with van der Waals surface area (Å²) in [6.07, 6.45) is 1.92. The van der Waals surface area contributed by atoms with E-state index in [1.54, 1.807) is 29.3 Å². The molecule has 4 rings (SSSR count). The third kappa shape index (κ3) is 2.30. The number of rotatable bonds is 2. The molecule has 6 nitrogen and oxygen atoms in total. The molecule has 0 unspecified atom stereocenters. The Hall–Kier alpha value is -2.96. The molecule has 3 aromatic rings. The van der Waals surface area contributed by atoms with Crippen molar-refractivity contribution < 1.29 is 9.18 Å². The van der Waals surface area contributed by atoms with E-state index in [4.69, 9.17) is 0 Å². The number of nitrogens with zero attached hydrogens (tertiary/aromatic N) is 3. The molecule has 1 aliphatic rings. The lowest BCUT2D eigenvalue weighted by atomic mass is 10.0. The van der Waals surface area contributed by atoms with Gasteiger partial charge in [-0.25, -0.2) is 13.9 Å². The number of halogens is 1. The summed E-state index contributed by atoms with van der Waals surface area (Å²) in [5.41, 5.74) is 1.58. The van der Waals surface area contributed by atoms with Crippen LogP contribution in [0.1, 0.15) is 18.0 Å². The van der Waals surface area contributed by atoms with Gasteiger partial charge in [0.1, 0.15) is 5.82 Å². The first kappa shape index (κ1) is 13.7. The standard InChI is InChI=1S/C16H13FN4O2/c17-11-1-3-12(4-2-11)20-9-10(7-15(20)22)13-8-16(23)21-14(19-13)5-6-18-21/h1-6,8,10,18H,7,9H2/t10-/m1/s1. The molecule has 0 radical (unpaired) electrons. The van der Waals surface area contributed by atoms with Crippen molar-refractivity contribution in [2.45, 2.75) is 12.3 Å². The van der Waals surface area contributed by atoms with Crippen LogP contribution in [0.3, 0.4) is 0 Å². The third-order valence-corrected chi connectivity index (χ3v) is 4.08. The Morgan fingerprint density at radius 3 is 2.74 bits per heavy atom. The highest BCUT2D eigenvalue weighted by atomic mass is 19.1. The van der Waals surface area contributed by atoms with Crippen molar-refractivity contribution in [3.8, 4) is 0 Å². The fourth-order valence-electron chi connectivity index (χ4n) is 2.93. The van der Waals surface area contributed by atoms with Crippen molar-refractivity contribution in [1.29, 1.82) is 0 Å². The molecule has 3 heterocycles. The van der Waals surface area contributed by atoms with Gasteiger partial charge in [0.2, 0.25) is 5.91 Å². The van der Waals surface area contributed by atoms with Crippen molar-refractivity contribution in [2.75, 3.05) is 11.4 Å². The minimum atomic E-state index is -0.343. The topological polar surface area (TPSA) is 70.5 Å². The lowest BCUT2D eigenvalue weighted by Crippen LogP contribution is -2.24. The monoisotopic (exact) mass is 312 g/mol. The summed E-state index contributed by atoms with van der Waals surface area (Å²) < 4.78 is 14.4. The Morgan fingerprint density at radius 1 is 1.17 bits per heavy atom. The molecule has 0 bridgehead atoms. The molecule has 7 heteroatoms. The van der Waals surface area contributed by atoms with E-state index >= 15 is 0 Å². The molecule has 1 aliphatic heterocycles. The molecule has 1 saturated heterocycles. The van der Waals surface area contributed by atoms with E-state index in [0.29, 0.717) is 23.6 Å². The maximum atomic E-state index is 13.0. The molecule has 0 aliphatic carbocycles. The number of fused-ring (bicyclic) bond motifs is 1. The Balaban J connectivity index is 1.66. The SMILES string of the molecule is O=C1C[C@@H](c2cc(=O)n3[nH]ccc3n2)CN1c1ccc(F)cc1. The highest BCUT2D eigenvalue weighted by Gasteiger charge is 2.32. The average Bonchev–Trinajstić information content (AvgIpc) is 3.15. The number of benzene rings is 1. The number of H-pyrrole nitrogens is 1. The first-order chi connectivity index (χ1) is 11.1. The minimum Gasteiger partial charge on any atom is -0.312 e. The van der Waals surface area contributed by atoms with Crippen molar-refractivity contribution in [2.24, 2.45) is 0 Å². The Kier molecular flexibility index (Phi) is 3.00. The third-order valence-electron chi connectivity index (χ3n) is 4.08. The van der Waals surface area contributed by atoms with Gasteiger partial charge in [-0.2, -0.15) is 0 Å². The summed E-state index contributed by atoms with van der Waals surface area (Å²) in [5.74, 6) is -0.553. The maximum Gasteiger partial charge on any atom is 0.272 e. The summed E-state index contributed by atoms with van der Waals surface area (Å²) in [4.78, 5) is 30.3. The number of amides is 1. The van der Waals surface area contributed by atoms with E-state index in [0.717, 1.165) is 0 Å². The Bertz CT molecular complexity index is 945. The molecule has 1 fully saturated rings. The van der Waals surface area contributed by atoms with E-state index in [-0.39, 0.29) is 29.6 Å². The molecule has 116 valence electrons. The van der Waals surface area contributed by atoms with Gasteiger partial charge in [-0.3, -0.25) is 14.7 Å². The van der Waals surface area contributed by atoms with Crippen LogP contribution in [0.2, 0.25) is 0 Å². The Labute approximate surface area is 130 Å². The van der Waals surface area contributed by atoms with Gasteiger partial charge in [-0.1, -0.05) is 0 Å². The van der Waals surface area contributed by atoms with Crippen LogP contribution in [0.5, 0.6) is 0 Å². The molecule has 1 amide bonds. The molecular weight excluding hydrogens is 299 g/mol. The van der Waals surface area contributed by atoms with Gasteiger partial charge in [0, 0.05) is 42.9 Å². The zero-order chi connectivity index (χ0) is 16.0. The number of hydrogen-bond acceptors (Lipinski definition) is 3. The number of carbonyl (C=O) groups excluding carboxylic acids is 1. The van der Waals surface area contributed by atoms with Crippen molar-refractivity contribution in [3.05, 3.63) is 64.5 Å². The van der Waals surface area contributed by atoms with Gasteiger partial charge < -0.3 is 4.90 Å². The molecule has 2 aromatic heterocycles. The van der Waals surface area contributed by atoms with Crippen molar-refractivity contribution >= 4 is 17.2 Å². The van der Waals surface area contributed by atoms with Crippen LogP contribution in [-0.4, -0.2) is 27.0 Å². The number of hydrogen-bond donors (Lipinski definition) is 1. The molecule has 0 spiro atoms. The number of anilines is 1. The molecule has 1 N–H and O–H groups in total. The van der Waals surface area contributed by atoms with Gasteiger partial charge in [0.05, 0.1) is 5.69 Å². The van der Waals surface area contributed by atoms with Crippen LogP contribution >= 0.6 is 0 Å². The number of carbonyl (C=O) groups is 1. The van der Waals surface area contributed by atoms with Crippen LogP contribution in [-0.2, 0) is 4.79 Å². The first-order valence-electron chi connectivity index (χ1n) is 7.25. The maximum absolute atomic E-state index is 13.0. The second-order valence-corrected chi connectivity index (χ2v) is 5.56. The van der Waals surface area contributed by atoms with E-state index in [9.17, 15) is 14.0 Å². The second kappa shape index (κ2) is 5.05. The average molecular weight is 312 g/mol. The summed E-state index contributed by atoms with van der Waals surface area (Å²) in [7, 11) is 0. The number of aromatic nitrogens is 3. The Morgan fingerprint density at radius 2 is 1.96 bits per heavy atom. The molecule has 1 atom stereocenters. The van der Waals surface area contributed by atoms with E-state index in [2.05, 4.69) is 10.1 Å². The molecule has 1 aromatic carbocycles. The van der Waals surface area contributed by atoms with E-state index in [1.165, 1.54) is 22.7 Å². The fourth-order valence-corrected chi connectivity index (χ4v) is 2.93. The van der Waals surface area contributed by atoms with Crippen LogP contribution in [0, 0.1) is 5.82 Å². The van der Waals surface area contributed by atoms with Gasteiger partial charge >= 0.3 is 0 Å². The molecule has 0 saturated carbocycles. The van der Waals surface area contributed by atoms with Crippen LogP contribution in [0.15, 0.2) is 47.4 Å². The second-order valence-electron chi connectivity index (χ2n) is 5.56. The fraction of sp³-hybridized carbons (Fsp3) is 0.188. The van der Waals surface area contributed by atoms with Gasteiger partial charge in [0.25, 0.3) is 5.56 Å². The van der Waals surface area contributed by atoms with Gasteiger partial charge in [-0.15, -0.1) is 0 Å². The highest BCUT2D eigenvalue weighted by Crippen LogP contribution is 2.30. The normalized spacial score (nSPS) is 18.0. The van der Waals surface area contributed by atoms with Gasteiger partial charge in [-0.05, 0) is 24.3 Å². The molecular formula is C16H13FN4O2. The van der Waals surface area contributed by atoms with E-state index in [1.807, 2.05) is 0 Å². The summed E-state index contributed by atoms with van der Waals surface area (Å²) in [6, 6.07) is 8.97.